The van der Waals surface area contributed by atoms with E-state index in [9.17, 15) is 9.59 Å². The van der Waals surface area contributed by atoms with Crippen LogP contribution in [-0.4, -0.2) is 33.0 Å². The fourth-order valence-electron chi connectivity index (χ4n) is 4.89. The number of nitrogens with one attached hydrogen (secondary N) is 1. The van der Waals surface area contributed by atoms with Crippen LogP contribution in [0.1, 0.15) is 42.5 Å². The molecular weight excluding hydrogens is 458 g/mol. The minimum absolute atomic E-state index is 0.0170. The standard InChI is InChI=1S/C27H29N5O2S/c1-5-18-8-7-9-19(6-2)24(18)31-14-20(13-23(31)33)25(34)28-26-29-27-32(30-26)22(15-35-27)21-11-10-16(3)12-17(21)4/h7-12,15,20H,5-6,13-14H2,1-4H3,(H,28,30,34). The summed E-state index contributed by atoms with van der Waals surface area (Å²) < 4.78 is 1.77. The van der Waals surface area contributed by atoms with E-state index in [1.807, 2.05) is 11.4 Å². The van der Waals surface area contributed by atoms with Gasteiger partial charge in [0, 0.05) is 29.6 Å². The Hall–Kier alpha value is -3.52. The fraction of sp³-hybridized carbons (Fsp3) is 0.333. The zero-order chi connectivity index (χ0) is 24.7. The normalized spacial score (nSPS) is 15.8. The molecule has 1 N–H and O–H groups in total. The van der Waals surface area contributed by atoms with E-state index in [2.05, 4.69) is 73.4 Å². The number of hydrogen-bond donors (Lipinski definition) is 1. The molecule has 4 aromatic rings. The van der Waals surface area contributed by atoms with Gasteiger partial charge in [-0.1, -0.05) is 55.8 Å². The van der Waals surface area contributed by atoms with Crippen molar-refractivity contribution in [1.82, 2.24) is 14.6 Å². The van der Waals surface area contributed by atoms with Gasteiger partial charge in [-0.15, -0.1) is 16.4 Å². The number of para-hydroxylation sites is 1. The SMILES string of the molecule is CCc1cccc(CC)c1N1CC(C(=O)Nc2nc3scc(-c4ccc(C)cc4C)n3n2)CC1=O. The lowest BCUT2D eigenvalue weighted by atomic mass is 10.0. The molecule has 180 valence electrons. The zero-order valence-electron chi connectivity index (χ0n) is 20.5. The number of nitrogens with zero attached hydrogens (tertiary/aromatic N) is 4. The molecule has 0 saturated carbocycles. The predicted octanol–water partition coefficient (Wildman–Crippen LogP) is 5.19. The van der Waals surface area contributed by atoms with Gasteiger partial charge < -0.3 is 4.90 Å². The Morgan fingerprint density at radius 1 is 1.14 bits per heavy atom. The third kappa shape index (κ3) is 4.23. The van der Waals surface area contributed by atoms with Gasteiger partial charge >= 0.3 is 0 Å². The van der Waals surface area contributed by atoms with Crippen molar-refractivity contribution in [2.75, 3.05) is 16.8 Å². The van der Waals surface area contributed by atoms with E-state index >= 15 is 0 Å². The van der Waals surface area contributed by atoms with E-state index in [-0.39, 0.29) is 24.2 Å². The maximum atomic E-state index is 13.1. The van der Waals surface area contributed by atoms with Crippen LogP contribution in [0.3, 0.4) is 0 Å². The largest absolute Gasteiger partial charge is 0.311 e. The Morgan fingerprint density at radius 2 is 1.89 bits per heavy atom. The average Bonchev–Trinajstić information content (AvgIpc) is 3.53. The van der Waals surface area contributed by atoms with Crippen molar-refractivity contribution < 1.29 is 9.59 Å². The Balaban J connectivity index is 1.36. The first-order valence-electron chi connectivity index (χ1n) is 12.0. The molecule has 0 aliphatic carbocycles. The molecule has 3 heterocycles. The van der Waals surface area contributed by atoms with E-state index in [0.29, 0.717) is 11.5 Å². The first-order valence-corrected chi connectivity index (χ1v) is 12.9. The number of aromatic nitrogens is 3. The first kappa shape index (κ1) is 23.2. The molecule has 1 unspecified atom stereocenters. The van der Waals surface area contributed by atoms with Crippen LogP contribution in [0.5, 0.6) is 0 Å². The number of amides is 2. The summed E-state index contributed by atoms with van der Waals surface area (Å²) in [5, 5.41) is 9.45. The van der Waals surface area contributed by atoms with Crippen LogP contribution in [-0.2, 0) is 22.4 Å². The summed E-state index contributed by atoms with van der Waals surface area (Å²) in [6.45, 7) is 8.69. The van der Waals surface area contributed by atoms with Crippen molar-refractivity contribution in [2.24, 2.45) is 5.92 Å². The molecule has 2 aromatic heterocycles. The molecule has 0 bridgehead atoms. The Labute approximate surface area is 208 Å². The monoisotopic (exact) mass is 487 g/mol. The van der Waals surface area contributed by atoms with Gasteiger partial charge in [0.05, 0.1) is 11.6 Å². The van der Waals surface area contributed by atoms with Crippen LogP contribution in [0.25, 0.3) is 16.2 Å². The highest BCUT2D eigenvalue weighted by Crippen LogP contribution is 2.33. The minimum Gasteiger partial charge on any atom is -0.311 e. The molecule has 1 atom stereocenters. The van der Waals surface area contributed by atoms with E-state index in [0.717, 1.165) is 46.5 Å². The Bertz CT molecular complexity index is 1410. The highest BCUT2D eigenvalue weighted by atomic mass is 32.1. The summed E-state index contributed by atoms with van der Waals surface area (Å²) in [6.07, 6.45) is 1.85. The third-order valence-electron chi connectivity index (χ3n) is 6.71. The fourth-order valence-corrected chi connectivity index (χ4v) is 5.72. The number of carbonyl (C=O) groups is 2. The van der Waals surface area contributed by atoms with Crippen molar-refractivity contribution in [2.45, 2.75) is 47.0 Å². The highest BCUT2D eigenvalue weighted by molar-refractivity contribution is 7.15. The summed E-state index contributed by atoms with van der Waals surface area (Å²) >= 11 is 1.48. The summed E-state index contributed by atoms with van der Waals surface area (Å²) in [6, 6.07) is 12.5. The van der Waals surface area contributed by atoms with Gasteiger partial charge in [0.1, 0.15) is 0 Å². The van der Waals surface area contributed by atoms with E-state index in [1.54, 1.807) is 9.42 Å². The molecule has 5 rings (SSSR count). The maximum Gasteiger partial charge on any atom is 0.250 e. The van der Waals surface area contributed by atoms with Crippen molar-refractivity contribution in [3.05, 3.63) is 64.0 Å². The average molecular weight is 488 g/mol. The van der Waals surface area contributed by atoms with Gasteiger partial charge in [-0.05, 0) is 43.4 Å². The number of carbonyl (C=O) groups excluding carboxylic acids is 2. The summed E-state index contributed by atoms with van der Waals surface area (Å²) in [7, 11) is 0. The third-order valence-corrected chi connectivity index (χ3v) is 7.52. The number of rotatable bonds is 6. The van der Waals surface area contributed by atoms with Crippen molar-refractivity contribution in [3.8, 4) is 11.3 Å². The number of benzene rings is 2. The minimum atomic E-state index is -0.447. The van der Waals surface area contributed by atoms with Gasteiger partial charge in [-0.3, -0.25) is 14.9 Å². The molecular formula is C27H29N5O2S. The van der Waals surface area contributed by atoms with Gasteiger partial charge in [0.25, 0.3) is 0 Å². The smallest absolute Gasteiger partial charge is 0.250 e. The van der Waals surface area contributed by atoms with Crippen LogP contribution in [0.2, 0.25) is 0 Å². The quantitative estimate of drug-likeness (QED) is 0.406. The summed E-state index contributed by atoms with van der Waals surface area (Å²) in [5.74, 6) is -0.421. The topological polar surface area (TPSA) is 79.6 Å². The van der Waals surface area contributed by atoms with E-state index in [1.165, 1.54) is 16.9 Å². The molecule has 1 aliphatic rings. The molecule has 8 heteroatoms. The molecule has 1 fully saturated rings. The van der Waals surface area contributed by atoms with E-state index < -0.39 is 5.92 Å². The van der Waals surface area contributed by atoms with Crippen LogP contribution in [0.15, 0.2) is 41.8 Å². The summed E-state index contributed by atoms with van der Waals surface area (Å²) in [4.78, 5) is 33.1. The lowest BCUT2D eigenvalue weighted by Crippen LogP contribution is -2.29. The van der Waals surface area contributed by atoms with Gasteiger partial charge in [0.15, 0.2) is 0 Å². The number of aryl methyl sites for hydroxylation is 4. The molecule has 0 radical (unpaired) electrons. The zero-order valence-corrected chi connectivity index (χ0v) is 21.3. The first-order chi connectivity index (χ1) is 16.9. The van der Waals surface area contributed by atoms with Gasteiger partial charge in [-0.25, -0.2) is 4.52 Å². The molecule has 2 aromatic carbocycles. The molecule has 1 saturated heterocycles. The van der Waals surface area contributed by atoms with Gasteiger partial charge in [0.2, 0.25) is 22.7 Å². The van der Waals surface area contributed by atoms with E-state index in [4.69, 9.17) is 0 Å². The number of fused-ring (bicyclic) bond motifs is 1. The number of anilines is 2. The van der Waals surface area contributed by atoms with Crippen molar-refractivity contribution >= 4 is 39.7 Å². The van der Waals surface area contributed by atoms with Crippen LogP contribution >= 0.6 is 11.3 Å². The molecule has 2 amide bonds. The second-order valence-corrected chi connectivity index (χ2v) is 9.93. The van der Waals surface area contributed by atoms with Crippen LogP contribution in [0.4, 0.5) is 11.6 Å². The highest BCUT2D eigenvalue weighted by Gasteiger charge is 2.37. The molecule has 1 aliphatic heterocycles. The van der Waals surface area contributed by atoms with Crippen LogP contribution < -0.4 is 10.2 Å². The Morgan fingerprint density at radius 3 is 2.57 bits per heavy atom. The Kier molecular flexibility index (Phi) is 6.15. The second-order valence-electron chi connectivity index (χ2n) is 9.10. The number of hydrogen-bond acceptors (Lipinski definition) is 5. The molecule has 7 nitrogen and oxygen atoms in total. The van der Waals surface area contributed by atoms with Gasteiger partial charge in [-0.2, -0.15) is 4.98 Å². The molecule has 0 spiro atoms. The van der Waals surface area contributed by atoms with Crippen molar-refractivity contribution in [3.63, 3.8) is 0 Å². The number of thiazole rings is 1. The summed E-state index contributed by atoms with van der Waals surface area (Å²) in [5.41, 5.74) is 7.63. The van der Waals surface area contributed by atoms with Crippen molar-refractivity contribution in [1.29, 1.82) is 0 Å². The molecule has 35 heavy (non-hydrogen) atoms. The van der Waals surface area contributed by atoms with Crippen LogP contribution in [0, 0.1) is 19.8 Å². The maximum absolute atomic E-state index is 13.1. The predicted molar refractivity (Wildman–Crippen MR) is 140 cm³/mol. The lowest BCUT2D eigenvalue weighted by molar-refractivity contribution is -0.122. The lowest BCUT2D eigenvalue weighted by Gasteiger charge is -2.23. The second kappa shape index (κ2) is 9.26.